The molecule has 1 heterocycles. The molecule has 0 aliphatic carbocycles. The Morgan fingerprint density at radius 3 is 2.52 bits per heavy atom. The van der Waals surface area contributed by atoms with Crippen molar-refractivity contribution in [3.63, 3.8) is 0 Å². The van der Waals surface area contributed by atoms with Gasteiger partial charge in [0.15, 0.2) is 0 Å². The largest absolute Gasteiger partial charge is 0.478 e. The van der Waals surface area contributed by atoms with Crippen molar-refractivity contribution in [1.82, 2.24) is 4.90 Å². The molecule has 21 heavy (non-hydrogen) atoms. The van der Waals surface area contributed by atoms with E-state index in [2.05, 4.69) is 11.9 Å². The van der Waals surface area contributed by atoms with Crippen LogP contribution in [0.1, 0.15) is 16.0 Å². The summed E-state index contributed by atoms with van der Waals surface area (Å²) in [5.41, 5.74) is 2.07. The highest BCUT2D eigenvalue weighted by Crippen LogP contribution is 2.22. The van der Waals surface area contributed by atoms with Gasteiger partial charge < -0.3 is 5.11 Å². The number of rotatable bonds is 6. The summed E-state index contributed by atoms with van der Waals surface area (Å²) in [6.45, 7) is 1.69. The number of carboxylic acids is 1. The molecule has 0 fully saturated rings. The third-order valence-electron chi connectivity index (χ3n) is 2.91. The van der Waals surface area contributed by atoms with Gasteiger partial charge in [0.25, 0.3) is 0 Å². The normalized spacial score (nSPS) is 11.4. The Bertz CT molecular complexity index is 634. The third kappa shape index (κ3) is 5.34. The number of carboxylic acid groups (broad SMARTS) is 1. The lowest BCUT2D eigenvalue weighted by Crippen LogP contribution is -2.16. The first-order valence-corrected chi connectivity index (χ1v) is 7.65. The summed E-state index contributed by atoms with van der Waals surface area (Å²) in [4.78, 5) is 13.9. The average Bonchev–Trinajstić information content (AvgIpc) is 2.83. The van der Waals surface area contributed by atoms with Crippen LogP contribution in [0.25, 0.3) is 6.08 Å². The van der Waals surface area contributed by atoms with Crippen LogP contribution in [0.4, 0.5) is 0 Å². The number of hydrogen-bond acceptors (Lipinski definition) is 3. The minimum atomic E-state index is -0.937. The van der Waals surface area contributed by atoms with Gasteiger partial charge >= 0.3 is 5.97 Å². The molecule has 1 N–H and O–H groups in total. The molecular weight excluding hydrogens is 306 g/mol. The highest BCUT2D eigenvalue weighted by atomic mass is 35.5. The highest BCUT2D eigenvalue weighted by molar-refractivity contribution is 7.16. The summed E-state index contributed by atoms with van der Waals surface area (Å²) in [6, 6.07) is 11.8. The van der Waals surface area contributed by atoms with E-state index in [1.807, 2.05) is 36.4 Å². The lowest BCUT2D eigenvalue weighted by atomic mass is 10.1. The van der Waals surface area contributed by atoms with Crippen molar-refractivity contribution in [1.29, 1.82) is 0 Å². The molecule has 0 atom stereocenters. The van der Waals surface area contributed by atoms with Gasteiger partial charge in [0.05, 0.1) is 4.34 Å². The zero-order valence-corrected chi connectivity index (χ0v) is 13.2. The molecule has 2 rings (SSSR count). The molecule has 2 aromatic rings. The Morgan fingerprint density at radius 2 is 1.95 bits per heavy atom. The van der Waals surface area contributed by atoms with Crippen molar-refractivity contribution in [3.8, 4) is 0 Å². The van der Waals surface area contributed by atoms with Crippen molar-refractivity contribution >= 4 is 35.0 Å². The van der Waals surface area contributed by atoms with Crippen LogP contribution in [-0.2, 0) is 17.9 Å². The Kier molecular flexibility index (Phi) is 5.56. The molecule has 0 radical (unpaired) electrons. The molecule has 5 heteroatoms. The number of thiophene rings is 1. The minimum Gasteiger partial charge on any atom is -0.478 e. The summed E-state index contributed by atoms with van der Waals surface area (Å²) >= 11 is 7.52. The van der Waals surface area contributed by atoms with E-state index in [0.29, 0.717) is 0 Å². The molecule has 1 aromatic carbocycles. The predicted molar refractivity (Wildman–Crippen MR) is 87.6 cm³/mol. The molecule has 0 saturated heterocycles. The molecule has 110 valence electrons. The first-order valence-electron chi connectivity index (χ1n) is 6.45. The molecule has 0 amide bonds. The van der Waals surface area contributed by atoms with Gasteiger partial charge in [-0.3, -0.25) is 4.90 Å². The zero-order valence-electron chi connectivity index (χ0n) is 11.6. The van der Waals surface area contributed by atoms with E-state index < -0.39 is 5.97 Å². The average molecular weight is 322 g/mol. The van der Waals surface area contributed by atoms with Crippen LogP contribution in [0.2, 0.25) is 4.34 Å². The molecular formula is C16H16ClNO2S. The fourth-order valence-corrected chi connectivity index (χ4v) is 3.14. The van der Waals surface area contributed by atoms with Gasteiger partial charge in [0.1, 0.15) is 0 Å². The van der Waals surface area contributed by atoms with Crippen LogP contribution in [0, 0.1) is 0 Å². The first-order chi connectivity index (χ1) is 10.0. The van der Waals surface area contributed by atoms with Gasteiger partial charge in [0.2, 0.25) is 0 Å². The number of halogens is 1. The first kappa shape index (κ1) is 15.8. The second kappa shape index (κ2) is 7.41. The number of hydrogen-bond donors (Lipinski definition) is 1. The summed E-state index contributed by atoms with van der Waals surface area (Å²) < 4.78 is 0.813. The van der Waals surface area contributed by atoms with Crippen LogP contribution >= 0.6 is 22.9 Å². The Labute approximate surface area is 133 Å². The fourth-order valence-electron chi connectivity index (χ4n) is 1.97. The van der Waals surface area contributed by atoms with Gasteiger partial charge in [0, 0.05) is 24.0 Å². The molecule has 0 unspecified atom stereocenters. The van der Waals surface area contributed by atoms with Crippen LogP contribution in [0.5, 0.6) is 0 Å². The van der Waals surface area contributed by atoms with E-state index in [1.165, 1.54) is 10.4 Å². The quantitative estimate of drug-likeness (QED) is 0.813. The van der Waals surface area contributed by atoms with Crippen molar-refractivity contribution in [2.45, 2.75) is 13.1 Å². The molecule has 0 aliphatic heterocycles. The topological polar surface area (TPSA) is 40.5 Å². The van der Waals surface area contributed by atoms with Gasteiger partial charge in [-0.15, -0.1) is 11.3 Å². The van der Waals surface area contributed by atoms with E-state index in [-0.39, 0.29) is 0 Å². The van der Waals surface area contributed by atoms with E-state index >= 15 is 0 Å². The van der Waals surface area contributed by atoms with Gasteiger partial charge in [-0.05, 0) is 36.4 Å². The second-order valence-electron chi connectivity index (χ2n) is 4.79. The standard InChI is InChI=1S/C16H16ClNO2S/c1-18(11-14-7-8-15(17)21-14)10-13-4-2-12(3-5-13)6-9-16(19)20/h2-9H,10-11H2,1H3,(H,19,20). The maximum atomic E-state index is 10.5. The monoisotopic (exact) mass is 321 g/mol. The molecule has 1 aromatic heterocycles. The Morgan fingerprint density at radius 1 is 1.24 bits per heavy atom. The molecule has 0 saturated carbocycles. The van der Waals surface area contributed by atoms with Crippen LogP contribution in [0.15, 0.2) is 42.5 Å². The maximum Gasteiger partial charge on any atom is 0.328 e. The SMILES string of the molecule is CN(Cc1ccc(C=CC(=O)O)cc1)Cc1ccc(Cl)s1. The van der Waals surface area contributed by atoms with E-state index in [0.717, 1.165) is 29.1 Å². The molecule has 0 bridgehead atoms. The lowest BCUT2D eigenvalue weighted by molar-refractivity contribution is -0.131. The van der Waals surface area contributed by atoms with Gasteiger partial charge in [-0.25, -0.2) is 4.79 Å². The van der Waals surface area contributed by atoms with Crippen LogP contribution < -0.4 is 0 Å². The predicted octanol–water partition coefficient (Wildman–Crippen LogP) is 4.13. The number of nitrogens with zero attached hydrogens (tertiary/aromatic N) is 1. The summed E-state index contributed by atoms with van der Waals surface area (Å²) in [5, 5.41) is 8.59. The van der Waals surface area contributed by atoms with Crippen LogP contribution in [0.3, 0.4) is 0 Å². The van der Waals surface area contributed by atoms with E-state index in [9.17, 15) is 4.79 Å². The van der Waals surface area contributed by atoms with Crippen molar-refractivity contribution in [2.24, 2.45) is 0 Å². The summed E-state index contributed by atoms with van der Waals surface area (Å²) in [7, 11) is 2.06. The van der Waals surface area contributed by atoms with Crippen molar-refractivity contribution in [3.05, 3.63) is 62.8 Å². The van der Waals surface area contributed by atoms with Gasteiger partial charge in [-0.2, -0.15) is 0 Å². The molecule has 0 aliphatic rings. The van der Waals surface area contributed by atoms with Crippen molar-refractivity contribution < 1.29 is 9.90 Å². The van der Waals surface area contributed by atoms with E-state index in [4.69, 9.17) is 16.7 Å². The zero-order chi connectivity index (χ0) is 15.2. The lowest BCUT2D eigenvalue weighted by Gasteiger charge is -2.15. The second-order valence-corrected chi connectivity index (χ2v) is 6.59. The third-order valence-corrected chi connectivity index (χ3v) is 4.12. The number of benzene rings is 1. The fraction of sp³-hybridized carbons (Fsp3) is 0.188. The highest BCUT2D eigenvalue weighted by Gasteiger charge is 2.04. The van der Waals surface area contributed by atoms with E-state index in [1.54, 1.807) is 17.4 Å². The number of carbonyl (C=O) groups is 1. The Hall–Kier alpha value is -1.62. The van der Waals surface area contributed by atoms with Crippen molar-refractivity contribution in [2.75, 3.05) is 7.05 Å². The maximum absolute atomic E-state index is 10.5. The molecule has 3 nitrogen and oxygen atoms in total. The molecule has 0 spiro atoms. The summed E-state index contributed by atoms with van der Waals surface area (Å²) in [6.07, 6.45) is 2.73. The summed E-state index contributed by atoms with van der Waals surface area (Å²) in [5.74, 6) is -0.937. The van der Waals surface area contributed by atoms with Crippen LogP contribution in [-0.4, -0.2) is 23.0 Å². The smallest absolute Gasteiger partial charge is 0.328 e. The number of aliphatic carboxylic acids is 1. The van der Waals surface area contributed by atoms with Gasteiger partial charge in [-0.1, -0.05) is 35.9 Å². The Balaban J connectivity index is 1.92. The minimum absolute atomic E-state index is 0.813.